The topological polar surface area (TPSA) is 58.9 Å². The third kappa shape index (κ3) is 9.93. The van der Waals surface area contributed by atoms with E-state index in [0.29, 0.717) is 0 Å². The van der Waals surface area contributed by atoms with E-state index in [0.717, 1.165) is 12.8 Å². The molecular formula is C21H42O4. The van der Waals surface area contributed by atoms with Gasteiger partial charge in [0.25, 0.3) is 0 Å². The molecule has 3 atom stereocenters. The second-order valence-corrected chi connectivity index (χ2v) is 8.07. The summed E-state index contributed by atoms with van der Waals surface area (Å²) in [6.45, 7) is 5.72. The molecule has 0 radical (unpaired) electrons. The predicted molar refractivity (Wildman–Crippen MR) is 103 cm³/mol. The van der Waals surface area contributed by atoms with Crippen LogP contribution in [0.5, 0.6) is 0 Å². The lowest BCUT2D eigenvalue weighted by atomic mass is 10.0. The number of rotatable bonds is 15. The summed E-state index contributed by atoms with van der Waals surface area (Å²) in [6.07, 6.45) is 15.5. The maximum absolute atomic E-state index is 9.90. The van der Waals surface area contributed by atoms with E-state index in [-0.39, 0.29) is 12.7 Å². The highest BCUT2D eigenvalue weighted by molar-refractivity contribution is 4.86. The molecule has 4 nitrogen and oxygen atoms in total. The molecule has 0 saturated carbocycles. The molecule has 2 N–H and O–H groups in total. The molecule has 0 aromatic rings. The summed E-state index contributed by atoms with van der Waals surface area (Å²) in [5.41, 5.74) is 0. The van der Waals surface area contributed by atoms with Gasteiger partial charge in [0.05, 0.1) is 12.7 Å². The maximum Gasteiger partial charge on any atom is 0.163 e. The molecule has 0 amide bonds. The summed E-state index contributed by atoms with van der Waals surface area (Å²) < 4.78 is 11.6. The van der Waals surface area contributed by atoms with E-state index < -0.39 is 18.0 Å². The molecule has 1 saturated heterocycles. The molecule has 1 rings (SSSR count). The Morgan fingerprint density at radius 3 is 1.76 bits per heavy atom. The van der Waals surface area contributed by atoms with E-state index in [9.17, 15) is 10.2 Å². The van der Waals surface area contributed by atoms with Gasteiger partial charge in [-0.05, 0) is 20.3 Å². The summed E-state index contributed by atoms with van der Waals surface area (Å²) >= 11 is 0. The van der Waals surface area contributed by atoms with E-state index in [2.05, 4.69) is 6.92 Å². The molecule has 1 heterocycles. The minimum absolute atomic E-state index is 0.111. The molecule has 0 aromatic carbocycles. The van der Waals surface area contributed by atoms with Crippen molar-refractivity contribution < 1.29 is 19.7 Å². The van der Waals surface area contributed by atoms with Crippen molar-refractivity contribution in [2.45, 2.75) is 128 Å². The van der Waals surface area contributed by atoms with Gasteiger partial charge in [-0.15, -0.1) is 0 Å². The van der Waals surface area contributed by atoms with Gasteiger partial charge in [0.1, 0.15) is 12.2 Å². The van der Waals surface area contributed by atoms with Crippen LogP contribution in [0.15, 0.2) is 0 Å². The summed E-state index contributed by atoms with van der Waals surface area (Å²) in [5.74, 6) is -0.664. The number of aliphatic hydroxyl groups is 2. The number of aliphatic hydroxyl groups excluding tert-OH is 2. The SMILES string of the molecule is CCCCCCCCCCCCCC[C@@H]1OC(C)(C)O[C@H]1[C@H](O)CO. The lowest BCUT2D eigenvalue weighted by Crippen LogP contribution is -2.37. The van der Waals surface area contributed by atoms with Crippen molar-refractivity contribution in [1.82, 2.24) is 0 Å². The van der Waals surface area contributed by atoms with Gasteiger partial charge in [-0.3, -0.25) is 0 Å². The Morgan fingerprint density at radius 1 is 0.800 bits per heavy atom. The fourth-order valence-electron chi connectivity index (χ4n) is 3.70. The van der Waals surface area contributed by atoms with Crippen molar-refractivity contribution in [3.8, 4) is 0 Å². The number of ether oxygens (including phenoxy) is 2. The largest absolute Gasteiger partial charge is 0.394 e. The molecule has 1 aliphatic heterocycles. The van der Waals surface area contributed by atoms with Crippen molar-refractivity contribution in [3.63, 3.8) is 0 Å². The zero-order valence-corrected chi connectivity index (χ0v) is 16.8. The molecule has 0 aliphatic carbocycles. The van der Waals surface area contributed by atoms with E-state index in [1.165, 1.54) is 70.6 Å². The van der Waals surface area contributed by atoms with Crippen molar-refractivity contribution in [3.05, 3.63) is 0 Å². The summed E-state index contributed by atoms with van der Waals surface area (Å²) in [4.78, 5) is 0. The number of hydrogen-bond donors (Lipinski definition) is 2. The Balaban J connectivity index is 2.00. The molecule has 0 aromatic heterocycles. The zero-order chi connectivity index (χ0) is 18.5. The Morgan fingerprint density at radius 2 is 1.28 bits per heavy atom. The van der Waals surface area contributed by atoms with Crippen LogP contribution in [0.2, 0.25) is 0 Å². The van der Waals surface area contributed by atoms with Crippen LogP contribution in [0, 0.1) is 0 Å². The molecule has 0 unspecified atom stereocenters. The van der Waals surface area contributed by atoms with Gasteiger partial charge < -0.3 is 19.7 Å². The first-order chi connectivity index (χ1) is 12.0. The molecule has 0 bridgehead atoms. The third-order valence-corrected chi connectivity index (χ3v) is 5.13. The first kappa shape index (κ1) is 22.9. The van der Waals surface area contributed by atoms with Gasteiger partial charge in [-0.25, -0.2) is 0 Å². The van der Waals surface area contributed by atoms with Crippen molar-refractivity contribution in [1.29, 1.82) is 0 Å². The van der Waals surface area contributed by atoms with Crippen LogP contribution in [-0.4, -0.2) is 40.9 Å². The van der Waals surface area contributed by atoms with Gasteiger partial charge in [-0.1, -0.05) is 84.0 Å². The van der Waals surface area contributed by atoms with Crippen LogP contribution in [0.25, 0.3) is 0 Å². The highest BCUT2D eigenvalue weighted by Crippen LogP contribution is 2.32. The zero-order valence-electron chi connectivity index (χ0n) is 16.8. The molecule has 25 heavy (non-hydrogen) atoms. The van der Waals surface area contributed by atoms with Crippen LogP contribution in [0.3, 0.4) is 0 Å². The standard InChI is InChI=1S/C21H42O4/c1-4-5-6-7-8-9-10-11-12-13-14-15-16-19-20(18(23)17-22)25-21(2,3)24-19/h18-20,22-23H,4-17H2,1-3H3/t18-,19+,20+/m1/s1. The van der Waals surface area contributed by atoms with Gasteiger partial charge in [-0.2, -0.15) is 0 Å². The fourth-order valence-corrected chi connectivity index (χ4v) is 3.70. The molecule has 1 fully saturated rings. The highest BCUT2D eigenvalue weighted by Gasteiger charge is 2.43. The lowest BCUT2D eigenvalue weighted by molar-refractivity contribution is -0.157. The molecule has 0 spiro atoms. The van der Waals surface area contributed by atoms with E-state index in [4.69, 9.17) is 9.47 Å². The summed E-state index contributed by atoms with van der Waals surface area (Å²) in [5, 5.41) is 19.1. The van der Waals surface area contributed by atoms with E-state index in [1.807, 2.05) is 13.8 Å². The minimum atomic E-state index is -0.857. The average molecular weight is 359 g/mol. The lowest BCUT2D eigenvalue weighted by Gasteiger charge is -2.20. The van der Waals surface area contributed by atoms with Crippen LogP contribution < -0.4 is 0 Å². The average Bonchev–Trinajstić information content (AvgIpc) is 2.90. The van der Waals surface area contributed by atoms with E-state index in [1.54, 1.807) is 0 Å². The minimum Gasteiger partial charge on any atom is -0.394 e. The van der Waals surface area contributed by atoms with Crippen molar-refractivity contribution in [2.75, 3.05) is 6.61 Å². The normalized spacial score (nSPS) is 23.9. The Bertz CT molecular complexity index is 319. The Hall–Kier alpha value is -0.160. The van der Waals surface area contributed by atoms with Gasteiger partial charge >= 0.3 is 0 Å². The fraction of sp³-hybridized carbons (Fsp3) is 1.00. The number of hydrogen-bond acceptors (Lipinski definition) is 4. The van der Waals surface area contributed by atoms with Crippen LogP contribution in [0.4, 0.5) is 0 Å². The first-order valence-electron chi connectivity index (χ1n) is 10.6. The van der Waals surface area contributed by atoms with Gasteiger partial charge in [0, 0.05) is 0 Å². The smallest absolute Gasteiger partial charge is 0.163 e. The summed E-state index contributed by atoms with van der Waals surface area (Å²) in [6, 6.07) is 0. The van der Waals surface area contributed by atoms with Crippen LogP contribution >= 0.6 is 0 Å². The second-order valence-electron chi connectivity index (χ2n) is 8.07. The monoisotopic (exact) mass is 358 g/mol. The Kier molecular flexibility index (Phi) is 12.0. The molecular weight excluding hydrogens is 316 g/mol. The maximum atomic E-state index is 9.90. The molecule has 150 valence electrons. The summed E-state index contributed by atoms with van der Waals surface area (Å²) in [7, 11) is 0. The predicted octanol–water partition coefficient (Wildman–Crippen LogP) is 4.95. The van der Waals surface area contributed by atoms with Crippen molar-refractivity contribution >= 4 is 0 Å². The third-order valence-electron chi connectivity index (χ3n) is 5.13. The van der Waals surface area contributed by atoms with Gasteiger partial charge in [0.15, 0.2) is 5.79 Å². The quantitative estimate of drug-likeness (QED) is 0.407. The Labute approximate surface area is 155 Å². The van der Waals surface area contributed by atoms with Crippen LogP contribution in [-0.2, 0) is 9.47 Å². The molecule has 4 heteroatoms. The van der Waals surface area contributed by atoms with E-state index >= 15 is 0 Å². The first-order valence-corrected chi connectivity index (χ1v) is 10.6. The van der Waals surface area contributed by atoms with Crippen molar-refractivity contribution in [2.24, 2.45) is 0 Å². The van der Waals surface area contributed by atoms with Gasteiger partial charge in [0.2, 0.25) is 0 Å². The van der Waals surface area contributed by atoms with Crippen LogP contribution in [0.1, 0.15) is 104 Å². The second kappa shape index (κ2) is 13.1. The molecule has 1 aliphatic rings. The number of unbranched alkanes of at least 4 members (excludes halogenated alkanes) is 11. The highest BCUT2D eigenvalue weighted by atomic mass is 16.8.